The molecule has 0 radical (unpaired) electrons. The molecule has 3 nitrogen and oxygen atoms in total. The van der Waals surface area contributed by atoms with Crippen molar-refractivity contribution in [2.75, 3.05) is 0 Å². The minimum absolute atomic E-state index is 0.0974. The number of aromatic nitrogens is 2. The maximum atomic E-state index is 12.7. The zero-order chi connectivity index (χ0) is 15.0. The second kappa shape index (κ2) is 5.60. The summed E-state index contributed by atoms with van der Waals surface area (Å²) in [5.41, 5.74) is 1.75. The van der Waals surface area contributed by atoms with Gasteiger partial charge in [-0.1, -0.05) is 29.8 Å². The Bertz CT molecular complexity index is 935. The van der Waals surface area contributed by atoms with E-state index in [0.717, 1.165) is 16.0 Å². The van der Waals surface area contributed by atoms with Gasteiger partial charge in [-0.15, -0.1) is 17.9 Å². The molecule has 2 aromatic heterocycles. The third-order valence-electron chi connectivity index (χ3n) is 3.18. The van der Waals surface area contributed by atoms with Crippen molar-refractivity contribution < 1.29 is 0 Å². The fourth-order valence-corrected chi connectivity index (χ4v) is 3.60. The lowest BCUT2D eigenvalue weighted by atomic mass is 10.1. The van der Waals surface area contributed by atoms with Crippen molar-refractivity contribution in [2.45, 2.75) is 6.54 Å². The summed E-state index contributed by atoms with van der Waals surface area (Å²) in [6.45, 7) is 4.05. The predicted molar refractivity (Wildman–Crippen MR) is 91.9 cm³/mol. The first-order valence-electron chi connectivity index (χ1n) is 6.23. The lowest BCUT2D eigenvalue weighted by Crippen LogP contribution is -2.21. The Morgan fingerprint density at radius 1 is 1.38 bits per heavy atom. The van der Waals surface area contributed by atoms with E-state index in [-0.39, 0.29) is 5.56 Å². The van der Waals surface area contributed by atoms with Gasteiger partial charge < -0.3 is 4.98 Å². The van der Waals surface area contributed by atoms with Crippen LogP contribution >= 0.6 is 35.2 Å². The molecule has 0 fully saturated rings. The summed E-state index contributed by atoms with van der Waals surface area (Å²) in [7, 11) is 0. The highest BCUT2D eigenvalue weighted by Crippen LogP contribution is 2.31. The van der Waals surface area contributed by atoms with Crippen molar-refractivity contribution in [1.29, 1.82) is 0 Å². The topological polar surface area (TPSA) is 37.8 Å². The van der Waals surface area contributed by atoms with E-state index in [1.165, 1.54) is 15.9 Å². The molecule has 6 heteroatoms. The Labute approximate surface area is 135 Å². The molecule has 0 amide bonds. The third kappa shape index (κ3) is 2.48. The molecule has 0 aliphatic heterocycles. The van der Waals surface area contributed by atoms with Gasteiger partial charge in [-0.2, -0.15) is 0 Å². The molecule has 0 spiro atoms. The van der Waals surface area contributed by atoms with Gasteiger partial charge in [-0.25, -0.2) is 0 Å². The summed E-state index contributed by atoms with van der Waals surface area (Å²) in [4.78, 5) is 16.6. The molecule has 1 aromatic carbocycles. The van der Waals surface area contributed by atoms with Gasteiger partial charge in [0.1, 0.15) is 4.83 Å². The van der Waals surface area contributed by atoms with Gasteiger partial charge in [0.2, 0.25) is 0 Å². The van der Waals surface area contributed by atoms with E-state index >= 15 is 0 Å². The number of hydrogen-bond acceptors (Lipinski definition) is 3. The third-order valence-corrected chi connectivity index (χ3v) is 4.65. The quantitative estimate of drug-likeness (QED) is 0.560. The van der Waals surface area contributed by atoms with Crippen molar-refractivity contribution in [2.24, 2.45) is 0 Å². The summed E-state index contributed by atoms with van der Waals surface area (Å²) in [6, 6.07) is 7.44. The lowest BCUT2D eigenvalue weighted by molar-refractivity contribution is 0.754. The highest BCUT2D eigenvalue weighted by molar-refractivity contribution is 7.71. The number of nitrogens with one attached hydrogen (secondary N) is 1. The Balaban J connectivity index is 2.33. The van der Waals surface area contributed by atoms with Crippen LogP contribution < -0.4 is 5.56 Å². The number of benzene rings is 1. The second-order valence-electron chi connectivity index (χ2n) is 4.49. The van der Waals surface area contributed by atoms with Crippen LogP contribution in [0.3, 0.4) is 0 Å². The van der Waals surface area contributed by atoms with Gasteiger partial charge in [0.05, 0.1) is 5.39 Å². The Morgan fingerprint density at radius 2 is 2.10 bits per heavy atom. The van der Waals surface area contributed by atoms with E-state index in [1.54, 1.807) is 6.08 Å². The van der Waals surface area contributed by atoms with Crippen molar-refractivity contribution in [3.63, 3.8) is 0 Å². The van der Waals surface area contributed by atoms with Crippen LogP contribution in [0, 0.1) is 4.77 Å². The monoisotopic (exact) mass is 334 g/mol. The van der Waals surface area contributed by atoms with E-state index in [9.17, 15) is 4.79 Å². The largest absolute Gasteiger partial charge is 0.323 e. The zero-order valence-electron chi connectivity index (χ0n) is 10.9. The van der Waals surface area contributed by atoms with Gasteiger partial charge in [-0.3, -0.25) is 9.36 Å². The highest BCUT2D eigenvalue weighted by atomic mass is 35.5. The lowest BCUT2D eigenvalue weighted by Gasteiger charge is -2.05. The molecule has 106 valence electrons. The molecule has 0 bridgehead atoms. The second-order valence-corrected chi connectivity index (χ2v) is 6.20. The van der Waals surface area contributed by atoms with Crippen LogP contribution in [0.5, 0.6) is 0 Å². The molecule has 3 aromatic rings. The molecule has 0 saturated carbocycles. The van der Waals surface area contributed by atoms with Crippen LogP contribution in [0.2, 0.25) is 5.02 Å². The van der Waals surface area contributed by atoms with Crippen LogP contribution in [0.1, 0.15) is 0 Å². The fourth-order valence-electron chi connectivity index (χ4n) is 2.19. The number of aromatic amines is 1. The first kappa shape index (κ1) is 14.3. The number of fused-ring (bicyclic) bond motifs is 1. The summed E-state index contributed by atoms with van der Waals surface area (Å²) in [5.74, 6) is 0. The number of hydrogen-bond donors (Lipinski definition) is 1. The average Bonchev–Trinajstić information content (AvgIpc) is 2.88. The Kier molecular flexibility index (Phi) is 3.80. The van der Waals surface area contributed by atoms with Gasteiger partial charge in [0, 0.05) is 22.5 Å². The van der Waals surface area contributed by atoms with Crippen LogP contribution in [0.4, 0.5) is 0 Å². The van der Waals surface area contributed by atoms with Gasteiger partial charge in [-0.05, 0) is 29.9 Å². The standard InChI is InChI=1S/C15H11ClN2OS2/c1-2-7-18-14(19)12-11(8-21-13(12)17-15(18)20)9-3-5-10(16)6-4-9/h2-6,8H,1,7H2,(H,17,20). The molecule has 0 aliphatic rings. The predicted octanol–water partition coefficient (Wildman–Crippen LogP) is 4.63. The van der Waals surface area contributed by atoms with Gasteiger partial charge in [0.25, 0.3) is 5.56 Å². The molecule has 21 heavy (non-hydrogen) atoms. The summed E-state index contributed by atoms with van der Waals surface area (Å²) in [6.07, 6.45) is 1.66. The van der Waals surface area contributed by atoms with E-state index < -0.39 is 0 Å². The molecule has 3 rings (SSSR count). The molecular formula is C15H11ClN2OS2. The normalized spacial score (nSPS) is 10.9. The number of rotatable bonds is 3. The van der Waals surface area contributed by atoms with Crippen LogP contribution in [-0.4, -0.2) is 9.55 Å². The van der Waals surface area contributed by atoms with Gasteiger partial charge >= 0.3 is 0 Å². The smallest absolute Gasteiger partial charge is 0.263 e. The molecule has 0 aliphatic carbocycles. The molecule has 2 heterocycles. The van der Waals surface area contributed by atoms with Gasteiger partial charge in [0.15, 0.2) is 4.77 Å². The maximum absolute atomic E-state index is 12.7. The minimum Gasteiger partial charge on any atom is -0.323 e. The number of allylic oxidation sites excluding steroid dienone is 1. The molecule has 1 N–H and O–H groups in total. The van der Waals surface area contributed by atoms with Crippen molar-refractivity contribution >= 4 is 45.4 Å². The van der Waals surface area contributed by atoms with Crippen LogP contribution in [-0.2, 0) is 6.54 Å². The SMILES string of the molecule is C=CCn1c(=S)[nH]c2scc(-c3ccc(Cl)cc3)c2c1=O. The van der Waals surface area contributed by atoms with Crippen molar-refractivity contribution in [3.8, 4) is 11.1 Å². The van der Waals surface area contributed by atoms with Crippen molar-refractivity contribution in [1.82, 2.24) is 9.55 Å². The first-order valence-corrected chi connectivity index (χ1v) is 7.89. The van der Waals surface area contributed by atoms with Crippen molar-refractivity contribution in [3.05, 3.63) is 62.4 Å². The number of nitrogens with zero attached hydrogens (tertiary/aromatic N) is 1. The van der Waals surface area contributed by atoms with E-state index in [4.69, 9.17) is 23.8 Å². The Hall–Kier alpha value is -1.69. The molecular weight excluding hydrogens is 324 g/mol. The molecule has 0 atom stereocenters. The average molecular weight is 335 g/mol. The van der Waals surface area contributed by atoms with Crippen LogP contribution in [0.15, 0.2) is 47.1 Å². The van der Waals surface area contributed by atoms with E-state index in [2.05, 4.69) is 11.6 Å². The summed E-state index contributed by atoms with van der Waals surface area (Å²) in [5, 5.41) is 3.28. The fraction of sp³-hybridized carbons (Fsp3) is 0.0667. The van der Waals surface area contributed by atoms with Crippen LogP contribution in [0.25, 0.3) is 21.3 Å². The zero-order valence-corrected chi connectivity index (χ0v) is 13.3. The maximum Gasteiger partial charge on any atom is 0.263 e. The summed E-state index contributed by atoms with van der Waals surface area (Å²) >= 11 is 12.6. The van der Waals surface area contributed by atoms with E-state index in [0.29, 0.717) is 21.7 Å². The molecule has 0 saturated heterocycles. The number of halogens is 1. The number of H-pyrrole nitrogens is 1. The summed E-state index contributed by atoms with van der Waals surface area (Å²) < 4.78 is 1.92. The highest BCUT2D eigenvalue weighted by Gasteiger charge is 2.13. The minimum atomic E-state index is -0.0974. The number of thiophene rings is 1. The molecule has 0 unspecified atom stereocenters. The first-order chi connectivity index (χ1) is 10.1. The Morgan fingerprint density at radius 3 is 2.76 bits per heavy atom. The van der Waals surface area contributed by atoms with E-state index in [1.807, 2.05) is 29.6 Å².